The molecule has 1 unspecified atom stereocenters. The van der Waals surface area contributed by atoms with Crippen molar-refractivity contribution in [2.24, 2.45) is 0 Å². The van der Waals surface area contributed by atoms with Gasteiger partial charge in [0, 0.05) is 10.8 Å². The van der Waals surface area contributed by atoms with Gasteiger partial charge in [0.05, 0.1) is 16.8 Å². The molecule has 0 bridgehead atoms. The number of halogens is 1. The van der Waals surface area contributed by atoms with Crippen LogP contribution in [0.15, 0.2) is 105 Å². The molecule has 0 spiro atoms. The summed E-state index contributed by atoms with van der Waals surface area (Å²) >= 11 is 6.88. The van der Waals surface area contributed by atoms with Gasteiger partial charge in [0.1, 0.15) is 11.2 Å². The smallest absolute Gasteiger partial charge is 0.342 e. The minimum Gasteiger partial charge on any atom is -0.404 e. The average Bonchev–Trinajstić information content (AvgIpc) is 3.13. The van der Waals surface area contributed by atoms with Crippen LogP contribution in [0.4, 0.5) is 5.69 Å². The van der Waals surface area contributed by atoms with Crippen LogP contribution in [0, 0.1) is 0 Å². The molecule has 5 heteroatoms. The Hall–Kier alpha value is -3.65. The summed E-state index contributed by atoms with van der Waals surface area (Å²) in [4.78, 5) is 0. The van der Waals surface area contributed by atoms with Crippen LogP contribution in [-0.2, 0) is 0 Å². The van der Waals surface area contributed by atoms with Crippen LogP contribution in [-0.4, -0.2) is 6.04 Å². The lowest BCUT2D eigenvalue weighted by molar-refractivity contribution is 0.600. The molecule has 0 fully saturated rings. The molecule has 38 heavy (non-hydrogen) atoms. The van der Waals surface area contributed by atoms with Gasteiger partial charge in [0.15, 0.2) is 0 Å². The molecular weight excluding hydrogens is 509 g/mol. The fourth-order valence-electron chi connectivity index (χ4n) is 5.65. The molecule has 1 aliphatic rings. The van der Waals surface area contributed by atoms with E-state index in [0.29, 0.717) is 5.02 Å². The molecule has 0 saturated heterocycles. The SMILES string of the molecule is CCCCC1C=Cc2cccc(Cl)c2N1p1oc2ccc3ccccc3c2c2c(ccc3ccccc32)o1. The highest BCUT2D eigenvalue weighted by Gasteiger charge is 2.30. The molecule has 188 valence electrons. The van der Waals surface area contributed by atoms with Gasteiger partial charge in [-0.3, -0.25) is 4.67 Å². The summed E-state index contributed by atoms with van der Waals surface area (Å²) in [5.41, 5.74) is 3.74. The molecule has 6 aromatic rings. The topological polar surface area (TPSA) is 29.5 Å². The van der Waals surface area contributed by atoms with Gasteiger partial charge in [-0.05, 0) is 51.7 Å². The number of para-hydroxylation sites is 1. The highest BCUT2D eigenvalue weighted by molar-refractivity contribution is 7.39. The van der Waals surface area contributed by atoms with Gasteiger partial charge in [-0.2, -0.15) is 0 Å². The van der Waals surface area contributed by atoms with E-state index < -0.39 is 8.16 Å². The molecule has 0 saturated carbocycles. The minimum atomic E-state index is -1.56. The second-order valence-electron chi connectivity index (χ2n) is 9.83. The van der Waals surface area contributed by atoms with Crippen LogP contribution in [0.25, 0.3) is 49.6 Å². The first-order valence-electron chi connectivity index (χ1n) is 13.2. The quantitative estimate of drug-likeness (QED) is 0.225. The zero-order valence-corrected chi connectivity index (χ0v) is 22.8. The maximum Gasteiger partial charge on any atom is 0.342 e. The van der Waals surface area contributed by atoms with Crippen molar-refractivity contribution in [1.82, 2.24) is 0 Å². The number of anilines is 1. The summed E-state index contributed by atoms with van der Waals surface area (Å²) in [5, 5.41) is 7.54. The van der Waals surface area contributed by atoms with Crippen molar-refractivity contribution in [1.29, 1.82) is 0 Å². The van der Waals surface area contributed by atoms with Gasteiger partial charge in [0.2, 0.25) is 0 Å². The Morgan fingerprint density at radius 1 is 0.763 bits per heavy atom. The third-order valence-electron chi connectivity index (χ3n) is 7.47. The maximum absolute atomic E-state index is 6.93. The van der Waals surface area contributed by atoms with Crippen molar-refractivity contribution >= 4 is 75.0 Å². The first-order chi connectivity index (χ1) is 18.7. The number of fused-ring (bicyclic) bond motifs is 8. The molecule has 3 nitrogen and oxygen atoms in total. The molecule has 0 amide bonds. The Morgan fingerprint density at radius 3 is 2.03 bits per heavy atom. The van der Waals surface area contributed by atoms with Gasteiger partial charge in [0.25, 0.3) is 0 Å². The molecule has 7 rings (SSSR count). The van der Waals surface area contributed by atoms with E-state index in [4.69, 9.17) is 20.0 Å². The second kappa shape index (κ2) is 9.58. The summed E-state index contributed by atoms with van der Waals surface area (Å²) in [6.45, 7) is 2.23. The average molecular weight is 536 g/mol. The predicted molar refractivity (Wildman–Crippen MR) is 163 cm³/mol. The normalized spacial score (nSPS) is 15.0. The Morgan fingerprint density at radius 2 is 1.39 bits per heavy atom. The van der Waals surface area contributed by atoms with Gasteiger partial charge < -0.3 is 8.39 Å². The Balaban J connectivity index is 1.63. The van der Waals surface area contributed by atoms with Gasteiger partial charge >= 0.3 is 8.16 Å². The molecule has 0 radical (unpaired) electrons. The van der Waals surface area contributed by atoms with Crippen LogP contribution in [0.5, 0.6) is 0 Å². The monoisotopic (exact) mass is 535 g/mol. The second-order valence-corrected chi connectivity index (χ2v) is 11.5. The number of hydrogen-bond acceptors (Lipinski definition) is 3. The van der Waals surface area contributed by atoms with E-state index in [9.17, 15) is 0 Å². The molecule has 2 heterocycles. The maximum atomic E-state index is 6.93. The van der Waals surface area contributed by atoms with E-state index in [2.05, 4.69) is 103 Å². The highest BCUT2D eigenvalue weighted by Crippen LogP contribution is 2.50. The zero-order chi connectivity index (χ0) is 25.6. The minimum absolute atomic E-state index is 0.124. The van der Waals surface area contributed by atoms with E-state index in [1.807, 2.05) is 12.1 Å². The highest BCUT2D eigenvalue weighted by atomic mass is 35.5. The fourth-order valence-corrected chi connectivity index (χ4v) is 7.66. The molecule has 1 atom stereocenters. The number of unbranched alkanes of at least 4 members (excludes halogenated alkanes) is 1. The number of rotatable bonds is 4. The summed E-state index contributed by atoms with van der Waals surface area (Å²) in [7, 11) is -1.56. The molecular formula is C33H27ClNO2P. The van der Waals surface area contributed by atoms with E-state index in [1.165, 1.54) is 10.8 Å². The third kappa shape index (κ3) is 3.81. The van der Waals surface area contributed by atoms with Crippen molar-refractivity contribution in [3.8, 4) is 0 Å². The Kier molecular flexibility index (Phi) is 5.92. The lowest BCUT2D eigenvalue weighted by Gasteiger charge is -2.33. The lowest BCUT2D eigenvalue weighted by Crippen LogP contribution is -2.29. The van der Waals surface area contributed by atoms with E-state index >= 15 is 0 Å². The van der Waals surface area contributed by atoms with E-state index in [-0.39, 0.29) is 6.04 Å². The molecule has 0 N–H and O–H groups in total. The first-order valence-corrected chi connectivity index (χ1v) is 14.7. The van der Waals surface area contributed by atoms with Crippen molar-refractivity contribution in [2.75, 3.05) is 4.67 Å². The number of nitrogens with zero attached hydrogens (tertiary/aromatic N) is 1. The van der Waals surface area contributed by atoms with Crippen LogP contribution >= 0.6 is 19.8 Å². The number of hydrogen-bond donors (Lipinski definition) is 0. The van der Waals surface area contributed by atoms with E-state index in [0.717, 1.165) is 63.2 Å². The largest absolute Gasteiger partial charge is 0.404 e. The summed E-state index contributed by atoms with van der Waals surface area (Å²) in [6.07, 6.45) is 7.69. The van der Waals surface area contributed by atoms with Gasteiger partial charge in [-0.15, -0.1) is 0 Å². The zero-order valence-electron chi connectivity index (χ0n) is 21.1. The lowest BCUT2D eigenvalue weighted by atomic mass is 9.99. The van der Waals surface area contributed by atoms with Crippen LogP contribution in [0.3, 0.4) is 0 Å². The number of benzene rings is 5. The van der Waals surface area contributed by atoms with Crippen LogP contribution in [0.1, 0.15) is 31.7 Å². The van der Waals surface area contributed by atoms with Crippen molar-refractivity contribution in [3.63, 3.8) is 0 Å². The van der Waals surface area contributed by atoms with Crippen molar-refractivity contribution in [2.45, 2.75) is 32.2 Å². The molecule has 1 aromatic heterocycles. The van der Waals surface area contributed by atoms with Gasteiger partial charge in [-0.25, -0.2) is 0 Å². The Labute approximate surface area is 227 Å². The van der Waals surface area contributed by atoms with Crippen molar-refractivity contribution < 1.29 is 8.39 Å². The molecule has 0 aliphatic carbocycles. The van der Waals surface area contributed by atoms with E-state index in [1.54, 1.807) is 0 Å². The summed E-state index contributed by atoms with van der Waals surface area (Å²) in [6, 6.07) is 31.7. The van der Waals surface area contributed by atoms with Crippen LogP contribution < -0.4 is 4.67 Å². The first kappa shape index (κ1) is 23.5. The summed E-state index contributed by atoms with van der Waals surface area (Å²) < 4.78 is 16.2. The standard InChI is InChI=1S/C33H27ClNO2P/c1-2-3-12-25-19-16-24-11-8-15-28(34)33(24)35(25)38-36-29-20-17-22-9-4-6-13-26(22)31(29)32-27-14-7-5-10-23(27)18-21-30(32)37-38/h4-11,13-21,25H,2-3,12H2,1H3. The van der Waals surface area contributed by atoms with Crippen LogP contribution in [0.2, 0.25) is 5.02 Å². The van der Waals surface area contributed by atoms with Crippen molar-refractivity contribution in [3.05, 3.63) is 108 Å². The van der Waals surface area contributed by atoms with Gasteiger partial charge in [-0.1, -0.05) is 116 Å². The predicted octanol–water partition coefficient (Wildman–Crippen LogP) is 11.1. The summed E-state index contributed by atoms with van der Waals surface area (Å²) in [5.74, 6) is 0. The third-order valence-corrected chi connectivity index (χ3v) is 9.33. The molecule has 1 aliphatic heterocycles. The molecule has 5 aromatic carbocycles. The fraction of sp³-hybridized carbons (Fsp3) is 0.152. The Bertz CT molecular complexity index is 1810.